The predicted molar refractivity (Wildman–Crippen MR) is 107 cm³/mol. The molecule has 1 atom stereocenters. The Morgan fingerprint density at radius 1 is 1.11 bits per heavy atom. The maximum absolute atomic E-state index is 12.6. The van der Waals surface area contributed by atoms with Gasteiger partial charge in [-0.2, -0.15) is 5.26 Å². The standard InChI is InChI=1S/C23H27N3O/c1-25(2)17-22(27)26-15-9-14-21(16-26)23(18-24,19-10-5-3-6-11-19)20-12-7-4-8-13-20/h3-8,10-13,21H,9,14-17H2,1-2H3. The number of carbonyl (C=O) groups excluding carboxylic acids is 1. The molecule has 0 bridgehead atoms. The molecule has 0 aromatic heterocycles. The van der Waals surface area contributed by atoms with Crippen LogP contribution in [0.3, 0.4) is 0 Å². The molecule has 0 aliphatic carbocycles. The molecule has 0 radical (unpaired) electrons. The number of benzene rings is 2. The lowest BCUT2D eigenvalue weighted by molar-refractivity contribution is -0.133. The fraction of sp³-hybridized carbons (Fsp3) is 0.391. The number of hydrogen-bond donors (Lipinski definition) is 0. The molecule has 1 fully saturated rings. The second kappa shape index (κ2) is 8.37. The fourth-order valence-corrected chi connectivity index (χ4v) is 4.19. The average molecular weight is 361 g/mol. The molecule has 0 spiro atoms. The van der Waals surface area contributed by atoms with E-state index in [1.807, 2.05) is 84.6 Å². The van der Waals surface area contributed by atoms with E-state index in [0.717, 1.165) is 30.5 Å². The third-order valence-corrected chi connectivity index (χ3v) is 5.47. The Morgan fingerprint density at radius 2 is 1.67 bits per heavy atom. The van der Waals surface area contributed by atoms with Crippen LogP contribution < -0.4 is 0 Å². The molecule has 1 saturated heterocycles. The quantitative estimate of drug-likeness (QED) is 0.821. The van der Waals surface area contributed by atoms with Gasteiger partial charge in [0.2, 0.25) is 5.91 Å². The van der Waals surface area contributed by atoms with E-state index >= 15 is 0 Å². The minimum Gasteiger partial charge on any atom is -0.341 e. The SMILES string of the molecule is CN(C)CC(=O)N1CCCC(C(C#N)(c2ccccc2)c2ccccc2)C1. The highest BCUT2D eigenvalue weighted by Gasteiger charge is 2.44. The minimum absolute atomic E-state index is 0.0622. The van der Waals surface area contributed by atoms with Crippen LogP contribution in [0.15, 0.2) is 60.7 Å². The third kappa shape index (κ3) is 3.89. The van der Waals surface area contributed by atoms with Crippen molar-refractivity contribution in [1.29, 1.82) is 5.26 Å². The van der Waals surface area contributed by atoms with Crippen molar-refractivity contribution < 1.29 is 4.79 Å². The molecule has 1 aliphatic heterocycles. The van der Waals surface area contributed by atoms with E-state index in [0.29, 0.717) is 13.1 Å². The van der Waals surface area contributed by atoms with Crippen molar-refractivity contribution in [3.63, 3.8) is 0 Å². The summed E-state index contributed by atoms with van der Waals surface area (Å²) >= 11 is 0. The highest BCUT2D eigenvalue weighted by molar-refractivity contribution is 5.78. The van der Waals surface area contributed by atoms with Crippen LogP contribution in [0.25, 0.3) is 0 Å². The second-order valence-electron chi connectivity index (χ2n) is 7.57. The molecule has 1 aliphatic rings. The Kier molecular flexibility index (Phi) is 5.93. The number of likely N-dealkylation sites (N-methyl/N-ethyl adjacent to an activating group) is 1. The fourth-order valence-electron chi connectivity index (χ4n) is 4.19. The van der Waals surface area contributed by atoms with E-state index in [1.54, 1.807) is 0 Å². The zero-order valence-corrected chi connectivity index (χ0v) is 16.1. The largest absolute Gasteiger partial charge is 0.341 e. The Hall–Kier alpha value is -2.64. The highest BCUT2D eigenvalue weighted by Crippen LogP contribution is 2.42. The van der Waals surface area contributed by atoms with Crippen molar-refractivity contribution in [2.75, 3.05) is 33.7 Å². The van der Waals surface area contributed by atoms with E-state index in [9.17, 15) is 10.1 Å². The second-order valence-corrected chi connectivity index (χ2v) is 7.57. The predicted octanol–water partition coefficient (Wildman–Crippen LogP) is 3.30. The van der Waals surface area contributed by atoms with Crippen LogP contribution in [0.1, 0.15) is 24.0 Å². The van der Waals surface area contributed by atoms with Crippen molar-refractivity contribution in [3.8, 4) is 6.07 Å². The number of amides is 1. The van der Waals surface area contributed by atoms with Crippen LogP contribution >= 0.6 is 0 Å². The van der Waals surface area contributed by atoms with Gasteiger partial charge in [0.25, 0.3) is 0 Å². The molecule has 0 saturated carbocycles. The van der Waals surface area contributed by atoms with E-state index in [1.165, 1.54) is 0 Å². The number of piperidine rings is 1. The number of nitrogens with zero attached hydrogens (tertiary/aromatic N) is 3. The van der Waals surface area contributed by atoms with E-state index in [4.69, 9.17) is 0 Å². The van der Waals surface area contributed by atoms with Crippen LogP contribution in [0.2, 0.25) is 0 Å². The van der Waals surface area contributed by atoms with Crippen molar-refractivity contribution >= 4 is 5.91 Å². The first-order valence-electron chi connectivity index (χ1n) is 9.52. The summed E-state index contributed by atoms with van der Waals surface area (Å²) in [6.45, 7) is 1.79. The molecule has 1 heterocycles. The molecule has 2 aromatic carbocycles. The van der Waals surface area contributed by atoms with Crippen molar-refractivity contribution in [2.24, 2.45) is 5.92 Å². The molecular formula is C23H27N3O. The lowest BCUT2D eigenvalue weighted by Crippen LogP contribution is -2.49. The van der Waals surface area contributed by atoms with Gasteiger partial charge in [0.05, 0.1) is 12.6 Å². The molecule has 27 heavy (non-hydrogen) atoms. The van der Waals surface area contributed by atoms with Gasteiger partial charge in [0.1, 0.15) is 5.41 Å². The smallest absolute Gasteiger partial charge is 0.236 e. The summed E-state index contributed by atoms with van der Waals surface area (Å²) in [5.74, 6) is 0.199. The summed E-state index contributed by atoms with van der Waals surface area (Å²) in [5.41, 5.74) is 1.26. The van der Waals surface area contributed by atoms with E-state index < -0.39 is 5.41 Å². The van der Waals surface area contributed by atoms with Crippen molar-refractivity contribution in [3.05, 3.63) is 71.8 Å². The average Bonchev–Trinajstić information content (AvgIpc) is 2.70. The summed E-state index contributed by atoms with van der Waals surface area (Å²) in [6.07, 6.45) is 1.86. The van der Waals surface area contributed by atoms with Gasteiger partial charge in [-0.1, -0.05) is 60.7 Å². The van der Waals surface area contributed by atoms with Gasteiger partial charge in [-0.15, -0.1) is 0 Å². The van der Waals surface area contributed by atoms with Crippen LogP contribution in [-0.4, -0.2) is 49.4 Å². The Labute approximate surface area is 162 Å². The van der Waals surface area contributed by atoms with E-state index in [2.05, 4.69) is 6.07 Å². The van der Waals surface area contributed by atoms with Crippen molar-refractivity contribution in [1.82, 2.24) is 9.80 Å². The Morgan fingerprint density at radius 3 is 2.15 bits per heavy atom. The lowest BCUT2D eigenvalue weighted by Gasteiger charge is -2.42. The normalized spacial score (nSPS) is 17.6. The van der Waals surface area contributed by atoms with Gasteiger partial charge in [-0.25, -0.2) is 0 Å². The monoisotopic (exact) mass is 361 g/mol. The molecule has 1 amide bonds. The molecule has 2 aromatic rings. The van der Waals surface area contributed by atoms with Gasteiger partial charge >= 0.3 is 0 Å². The van der Waals surface area contributed by atoms with Gasteiger partial charge in [-0.05, 0) is 38.1 Å². The van der Waals surface area contributed by atoms with Crippen LogP contribution in [0.5, 0.6) is 0 Å². The van der Waals surface area contributed by atoms with Crippen LogP contribution in [-0.2, 0) is 10.2 Å². The number of likely N-dealkylation sites (tertiary alicyclic amines) is 1. The lowest BCUT2D eigenvalue weighted by atomic mass is 9.64. The van der Waals surface area contributed by atoms with Gasteiger partial charge in [-0.3, -0.25) is 4.79 Å². The molecule has 3 rings (SSSR count). The maximum Gasteiger partial charge on any atom is 0.236 e. The first-order valence-corrected chi connectivity index (χ1v) is 9.52. The number of rotatable bonds is 5. The van der Waals surface area contributed by atoms with Gasteiger partial charge < -0.3 is 9.80 Å². The molecule has 4 nitrogen and oxygen atoms in total. The topological polar surface area (TPSA) is 47.3 Å². The summed E-state index contributed by atoms with van der Waals surface area (Å²) in [7, 11) is 3.82. The van der Waals surface area contributed by atoms with E-state index in [-0.39, 0.29) is 11.8 Å². The molecule has 4 heteroatoms. The number of nitriles is 1. The third-order valence-electron chi connectivity index (χ3n) is 5.47. The molecular weight excluding hydrogens is 334 g/mol. The van der Waals surface area contributed by atoms with Crippen LogP contribution in [0, 0.1) is 17.2 Å². The number of carbonyl (C=O) groups is 1. The minimum atomic E-state index is -0.750. The molecule has 0 N–H and O–H groups in total. The summed E-state index contributed by atoms with van der Waals surface area (Å²) in [6, 6.07) is 22.7. The zero-order chi connectivity index (χ0) is 19.3. The highest BCUT2D eigenvalue weighted by atomic mass is 16.2. The molecule has 140 valence electrons. The molecule has 1 unspecified atom stereocenters. The first kappa shape index (κ1) is 19.1. The Bertz CT molecular complexity index is 756. The van der Waals surface area contributed by atoms with Gasteiger partial charge in [0, 0.05) is 19.0 Å². The Balaban J connectivity index is 2.01. The zero-order valence-electron chi connectivity index (χ0n) is 16.1. The maximum atomic E-state index is 12.6. The van der Waals surface area contributed by atoms with Gasteiger partial charge in [0.15, 0.2) is 0 Å². The summed E-state index contributed by atoms with van der Waals surface area (Å²) < 4.78 is 0. The van der Waals surface area contributed by atoms with Crippen molar-refractivity contribution in [2.45, 2.75) is 18.3 Å². The summed E-state index contributed by atoms with van der Waals surface area (Å²) in [5, 5.41) is 10.4. The number of hydrogen-bond acceptors (Lipinski definition) is 3. The summed E-state index contributed by atoms with van der Waals surface area (Å²) in [4.78, 5) is 16.5. The first-order chi connectivity index (χ1) is 13.1. The van der Waals surface area contributed by atoms with Crippen LogP contribution in [0.4, 0.5) is 0 Å².